The highest BCUT2D eigenvalue weighted by Gasteiger charge is 2.31. The number of benzene rings is 1. The van der Waals surface area contributed by atoms with Gasteiger partial charge < -0.3 is 14.7 Å². The molecule has 1 aliphatic rings. The van der Waals surface area contributed by atoms with Gasteiger partial charge in [-0.1, -0.05) is 0 Å². The molecule has 0 radical (unpaired) electrons. The number of halogens is 1. The normalized spacial score (nSPS) is 18.6. The van der Waals surface area contributed by atoms with Gasteiger partial charge in [0, 0.05) is 11.2 Å². The van der Waals surface area contributed by atoms with Gasteiger partial charge >= 0.3 is 5.97 Å². The molecule has 1 N–H and O–H groups in total. The van der Waals surface area contributed by atoms with Crippen molar-refractivity contribution in [3.63, 3.8) is 0 Å². The summed E-state index contributed by atoms with van der Waals surface area (Å²) in [6, 6.07) is 4.43. The van der Waals surface area contributed by atoms with Gasteiger partial charge in [0.05, 0.1) is 18.0 Å². The first-order chi connectivity index (χ1) is 10.5. The van der Waals surface area contributed by atoms with Crippen molar-refractivity contribution in [2.45, 2.75) is 13.0 Å². The van der Waals surface area contributed by atoms with Crippen LogP contribution in [0.4, 0.5) is 4.39 Å². The lowest BCUT2D eigenvalue weighted by Gasteiger charge is -2.30. The molecule has 2 aromatic rings. The average Bonchev–Trinajstić information content (AvgIpc) is 2.83. The Labute approximate surface area is 129 Å². The summed E-state index contributed by atoms with van der Waals surface area (Å²) in [7, 11) is 0. The van der Waals surface area contributed by atoms with E-state index in [9.17, 15) is 14.0 Å². The Hall–Kier alpha value is -1.99. The first-order valence-electron chi connectivity index (χ1n) is 6.79. The van der Waals surface area contributed by atoms with Crippen molar-refractivity contribution in [3.05, 3.63) is 34.5 Å². The fourth-order valence-corrected chi connectivity index (χ4v) is 3.68. The summed E-state index contributed by atoms with van der Waals surface area (Å²) in [6.45, 7) is 2.35. The highest BCUT2D eigenvalue weighted by atomic mass is 32.1. The van der Waals surface area contributed by atoms with Crippen LogP contribution < -0.4 is 0 Å². The standard InChI is InChI=1S/C15H14FNO4S/c1-8-10-6-9(16)2-3-12(10)22-13(8)14(18)17-4-5-21-11(7-17)15(19)20/h2-3,6,11H,4-5,7H2,1H3,(H,19,20)/t11-/m0/s1. The highest BCUT2D eigenvalue weighted by molar-refractivity contribution is 7.21. The molecule has 0 saturated carbocycles. The lowest BCUT2D eigenvalue weighted by atomic mass is 10.1. The molecule has 0 spiro atoms. The van der Waals surface area contributed by atoms with E-state index < -0.39 is 12.1 Å². The van der Waals surface area contributed by atoms with Crippen LogP contribution in [-0.4, -0.2) is 47.7 Å². The number of aliphatic carboxylic acids is 1. The van der Waals surface area contributed by atoms with Gasteiger partial charge in [-0.05, 0) is 36.1 Å². The van der Waals surface area contributed by atoms with E-state index >= 15 is 0 Å². The zero-order valence-electron chi connectivity index (χ0n) is 11.8. The molecule has 1 atom stereocenters. The quantitative estimate of drug-likeness (QED) is 0.921. The summed E-state index contributed by atoms with van der Waals surface area (Å²) in [5.74, 6) is -1.65. The number of rotatable bonds is 2. The molecule has 0 unspecified atom stereocenters. The Morgan fingerprint density at radius 3 is 2.95 bits per heavy atom. The molecule has 22 heavy (non-hydrogen) atoms. The SMILES string of the molecule is Cc1c(C(=O)N2CCO[C@H](C(=O)O)C2)sc2ccc(F)cc12. The summed E-state index contributed by atoms with van der Waals surface area (Å²) < 4.78 is 19.3. The fourth-order valence-electron chi connectivity index (χ4n) is 2.52. The van der Waals surface area contributed by atoms with Crippen molar-refractivity contribution < 1.29 is 23.8 Å². The first-order valence-corrected chi connectivity index (χ1v) is 7.61. The molecular weight excluding hydrogens is 309 g/mol. The Morgan fingerprint density at radius 1 is 1.45 bits per heavy atom. The van der Waals surface area contributed by atoms with Crippen molar-refractivity contribution >= 4 is 33.3 Å². The van der Waals surface area contributed by atoms with E-state index in [1.54, 1.807) is 13.0 Å². The Balaban J connectivity index is 1.92. The van der Waals surface area contributed by atoms with Crippen LogP contribution in [0.2, 0.25) is 0 Å². The summed E-state index contributed by atoms with van der Waals surface area (Å²) in [5, 5.41) is 9.72. The zero-order chi connectivity index (χ0) is 15.9. The van der Waals surface area contributed by atoms with Gasteiger partial charge in [-0.2, -0.15) is 0 Å². The minimum Gasteiger partial charge on any atom is -0.479 e. The molecule has 1 fully saturated rings. The molecule has 3 rings (SSSR count). The number of amides is 1. The van der Waals surface area contributed by atoms with Gasteiger partial charge in [-0.3, -0.25) is 4.79 Å². The van der Waals surface area contributed by atoms with E-state index in [1.165, 1.54) is 28.4 Å². The van der Waals surface area contributed by atoms with Crippen LogP contribution in [0, 0.1) is 12.7 Å². The van der Waals surface area contributed by atoms with E-state index in [2.05, 4.69) is 0 Å². The van der Waals surface area contributed by atoms with E-state index in [-0.39, 0.29) is 24.9 Å². The number of morpholine rings is 1. The molecule has 1 aromatic carbocycles. The predicted octanol–water partition coefficient (Wildman–Crippen LogP) is 2.27. The zero-order valence-corrected chi connectivity index (χ0v) is 12.7. The van der Waals surface area contributed by atoms with Crippen molar-refractivity contribution in [1.29, 1.82) is 0 Å². The number of aryl methyl sites for hydroxylation is 1. The second-order valence-electron chi connectivity index (χ2n) is 5.15. The molecular formula is C15H14FNO4S. The number of carboxylic acids is 1. The monoisotopic (exact) mass is 323 g/mol. The van der Waals surface area contributed by atoms with Crippen LogP contribution in [-0.2, 0) is 9.53 Å². The van der Waals surface area contributed by atoms with Gasteiger partial charge in [0.25, 0.3) is 5.91 Å². The second-order valence-corrected chi connectivity index (χ2v) is 6.20. The third kappa shape index (κ3) is 2.57. The van der Waals surface area contributed by atoms with Crippen LogP contribution in [0.5, 0.6) is 0 Å². The van der Waals surface area contributed by atoms with E-state index in [0.29, 0.717) is 11.4 Å². The molecule has 5 nitrogen and oxygen atoms in total. The molecule has 1 amide bonds. The number of ether oxygens (including phenoxy) is 1. The van der Waals surface area contributed by atoms with Gasteiger partial charge in [-0.15, -0.1) is 11.3 Å². The minimum absolute atomic E-state index is 0.0240. The largest absolute Gasteiger partial charge is 0.479 e. The maximum Gasteiger partial charge on any atom is 0.334 e. The highest BCUT2D eigenvalue weighted by Crippen LogP contribution is 2.32. The van der Waals surface area contributed by atoms with Gasteiger partial charge in [-0.25, -0.2) is 9.18 Å². The van der Waals surface area contributed by atoms with Crippen molar-refractivity contribution in [2.75, 3.05) is 19.7 Å². The van der Waals surface area contributed by atoms with Crippen LogP contribution in [0.3, 0.4) is 0 Å². The second kappa shape index (κ2) is 5.66. The van der Waals surface area contributed by atoms with Crippen molar-refractivity contribution in [1.82, 2.24) is 4.90 Å². The third-order valence-electron chi connectivity index (χ3n) is 3.72. The molecule has 7 heteroatoms. The number of fused-ring (bicyclic) bond motifs is 1. The molecule has 1 aromatic heterocycles. The Morgan fingerprint density at radius 2 is 2.23 bits per heavy atom. The van der Waals surface area contributed by atoms with Gasteiger partial charge in [0.15, 0.2) is 6.10 Å². The topological polar surface area (TPSA) is 66.8 Å². The first kappa shape index (κ1) is 14.9. The van der Waals surface area contributed by atoms with Crippen LogP contribution in [0.15, 0.2) is 18.2 Å². The number of carbonyl (C=O) groups is 2. The number of hydrogen-bond donors (Lipinski definition) is 1. The molecule has 1 saturated heterocycles. The van der Waals surface area contributed by atoms with Crippen molar-refractivity contribution in [2.24, 2.45) is 0 Å². The molecule has 1 aliphatic heterocycles. The van der Waals surface area contributed by atoms with Gasteiger partial charge in [0.1, 0.15) is 5.82 Å². The van der Waals surface area contributed by atoms with E-state index in [0.717, 1.165) is 15.6 Å². The van der Waals surface area contributed by atoms with Gasteiger partial charge in [0.2, 0.25) is 0 Å². The number of nitrogens with zero attached hydrogens (tertiary/aromatic N) is 1. The molecule has 0 aliphatic carbocycles. The predicted molar refractivity (Wildman–Crippen MR) is 79.8 cm³/mol. The lowest BCUT2D eigenvalue weighted by molar-refractivity contribution is -0.154. The maximum absolute atomic E-state index is 13.3. The summed E-state index contributed by atoms with van der Waals surface area (Å²) >= 11 is 1.30. The number of hydrogen-bond acceptors (Lipinski definition) is 4. The third-order valence-corrected chi connectivity index (χ3v) is 4.98. The van der Waals surface area contributed by atoms with E-state index in [4.69, 9.17) is 9.84 Å². The lowest BCUT2D eigenvalue weighted by Crippen LogP contribution is -2.48. The minimum atomic E-state index is -1.08. The van der Waals surface area contributed by atoms with Crippen LogP contribution in [0.1, 0.15) is 15.2 Å². The maximum atomic E-state index is 13.3. The smallest absolute Gasteiger partial charge is 0.334 e. The van der Waals surface area contributed by atoms with Crippen molar-refractivity contribution in [3.8, 4) is 0 Å². The Kier molecular flexibility index (Phi) is 3.84. The molecule has 0 bridgehead atoms. The number of carbonyl (C=O) groups excluding carboxylic acids is 1. The van der Waals surface area contributed by atoms with Crippen LogP contribution in [0.25, 0.3) is 10.1 Å². The number of thiophene rings is 1. The molecule has 116 valence electrons. The summed E-state index contributed by atoms with van der Waals surface area (Å²) in [4.78, 5) is 25.6. The average molecular weight is 323 g/mol. The van der Waals surface area contributed by atoms with E-state index in [1.807, 2.05) is 0 Å². The number of carboxylic acid groups (broad SMARTS) is 1. The fraction of sp³-hybridized carbons (Fsp3) is 0.333. The summed E-state index contributed by atoms with van der Waals surface area (Å²) in [6.07, 6.45) is -0.996. The van der Waals surface area contributed by atoms with Crippen LogP contribution >= 0.6 is 11.3 Å². The molecule has 2 heterocycles. The Bertz CT molecular complexity index is 757. The summed E-state index contributed by atoms with van der Waals surface area (Å²) in [5.41, 5.74) is 0.725.